The third-order valence-corrected chi connectivity index (χ3v) is 4.14. The van der Waals surface area contributed by atoms with Gasteiger partial charge in [0.1, 0.15) is 0 Å². The summed E-state index contributed by atoms with van der Waals surface area (Å²) < 4.78 is 6.69. The third-order valence-electron chi connectivity index (χ3n) is 4.14. The quantitative estimate of drug-likeness (QED) is 0.688. The van der Waals surface area contributed by atoms with Gasteiger partial charge in [-0.1, -0.05) is 30.3 Å². The lowest BCUT2D eigenvalue weighted by Gasteiger charge is -2.19. The van der Waals surface area contributed by atoms with Gasteiger partial charge in [-0.3, -0.25) is 4.79 Å². The maximum absolute atomic E-state index is 12.6. The van der Waals surface area contributed by atoms with E-state index in [0.717, 1.165) is 5.56 Å². The van der Waals surface area contributed by atoms with Gasteiger partial charge in [-0.15, -0.1) is 0 Å². The van der Waals surface area contributed by atoms with Crippen molar-refractivity contribution in [3.8, 4) is 0 Å². The fourth-order valence-electron chi connectivity index (χ4n) is 2.82. The van der Waals surface area contributed by atoms with Crippen LogP contribution < -0.4 is 5.32 Å². The molecule has 2 aromatic carbocycles. The number of hydrogen-bond acceptors (Lipinski definition) is 3. The molecule has 5 nitrogen and oxygen atoms in total. The average Bonchev–Trinajstić information content (AvgIpc) is 3.21. The zero-order valence-electron chi connectivity index (χ0n) is 14.5. The van der Waals surface area contributed by atoms with E-state index in [0.29, 0.717) is 17.7 Å². The molecule has 5 heteroatoms. The molecule has 0 bridgehead atoms. The summed E-state index contributed by atoms with van der Waals surface area (Å²) in [5.41, 5.74) is 2.15. The van der Waals surface area contributed by atoms with Crippen LogP contribution in [0.2, 0.25) is 0 Å². The van der Waals surface area contributed by atoms with Crippen molar-refractivity contribution in [2.75, 3.05) is 12.4 Å². The Morgan fingerprint density at radius 1 is 0.962 bits per heavy atom. The Labute approximate surface area is 152 Å². The lowest BCUT2D eigenvalue weighted by Crippen LogP contribution is -2.19. The number of nitrogens with zero attached hydrogens (tertiary/aromatic N) is 1. The van der Waals surface area contributed by atoms with Crippen LogP contribution in [0, 0.1) is 0 Å². The van der Waals surface area contributed by atoms with E-state index >= 15 is 0 Å². The molecule has 0 unspecified atom stereocenters. The number of rotatable bonds is 6. The Balaban J connectivity index is 1.71. The predicted molar refractivity (Wildman–Crippen MR) is 100 cm³/mol. The summed E-state index contributed by atoms with van der Waals surface area (Å²) in [6, 6.07) is 20.4. The highest BCUT2D eigenvalue weighted by molar-refractivity contribution is 5.93. The number of carbonyl (C=O) groups is 2. The predicted octanol–water partition coefficient (Wildman–Crippen LogP) is 3.89. The second-order valence-corrected chi connectivity index (χ2v) is 5.88. The number of esters is 1. The Hall–Kier alpha value is -3.34. The first-order valence-corrected chi connectivity index (χ1v) is 8.33. The van der Waals surface area contributed by atoms with Crippen molar-refractivity contribution in [3.05, 3.63) is 90.3 Å². The van der Waals surface area contributed by atoms with Gasteiger partial charge in [-0.25, -0.2) is 4.79 Å². The van der Waals surface area contributed by atoms with Crippen molar-refractivity contribution in [1.29, 1.82) is 0 Å². The number of carbonyl (C=O) groups excluding carboxylic acids is 2. The first-order valence-electron chi connectivity index (χ1n) is 8.33. The Bertz CT molecular complexity index is 856. The fourth-order valence-corrected chi connectivity index (χ4v) is 2.82. The Morgan fingerprint density at radius 3 is 2.23 bits per heavy atom. The monoisotopic (exact) mass is 348 g/mol. The molecule has 0 aliphatic rings. The van der Waals surface area contributed by atoms with Gasteiger partial charge >= 0.3 is 5.97 Å². The van der Waals surface area contributed by atoms with Crippen LogP contribution in [0.5, 0.6) is 0 Å². The summed E-state index contributed by atoms with van der Waals surface area (Å²) in [6.45, 7) is 0. The number of methoxy groups -OCH3 is 1. The van der Waals surface area contributed by atoms with Crippen LogP contribution in [0.4, 0.5) is 5.69 Å². The van der Waals surface area contributed by atoms with Gasteiger partial charge in [0, 0.05) is 18.1 Å². The molecule has 132 valence electrons. The van der Waals surface area contributed by atoms with Crippen LogP contribution in [0.15, 0.2) is 79.1 Å². The molecule has 1 amide bonds. The first-order chi connectivity index (χ1) is 12.7. The van der Waals surface area contributed by atoms with Gasteiger partial charge < -0.3 is 14.6 Å². The second kappa shape index (κ2) is 8.16. The highest BCUT2D eigenvalue weighted by atomic mass is 16.5. The number of hydrogen-bond donors (Lipinski definition) is 1. The van der Waals surface area contributed by atoms with E-state index in [1.807, 2.05) is 59.4 Å². The smallest absolute Gasteiger partial charge is 0.337 e. The van der Waals surface area contributed by atoms with E-state index in [1.165, 1.54) is 7.11 Å². The minimum Gasteiger partial charge on any atom is -0.465 e. The van der Waals surface area contributed by atoms with Crippen molar-refractivity contribution in [3.63, 3.8) is 0 Å². The second-order valence-electron chi connectivity index (χ2n) is 5.88. The first kappa shape index (κ1) is 17.5. The summed E-state index contributed by atoms with van der Waals surface area (Å²) in [5, 5.41) is 2.88. The number of benzene rings is 2. The highest BCUT2D eigenvalue weighted by Gasteiger charge is 2.17. The summed E-state index contributed by atoms with van der Waals surface area (Å²) in [6.07, 6.45) is 4.21. The topological polar surface area (TPSA) is 60.3 Å². The zero-order valence-corrected chi connectivity index (χ0v) is 14.5. The Kier molecular flexibility index (Phi) is 5.49. The van der Waals surface area contributed by atoms with Gasteiger partial charge in [0.15, 0.2) is 0 Å². The molecular weight excluding hydrogens is 328 g/mol. The van der Waals surface area contributed by atoms with Gasteiger partial charge in [0.25, 0.3) is 0 Å². The molecule has 1 N–H and O–H groups in total. The van der Waals surface area contributed by atoms with Crippen molar-refractivity contribution < 1.29 is 14.3 Å². The molecule has 3 rings (SSSR count). The summed E-state index contributed by atoms with van der Waals surface area (Å²) in [5.74, 6) is -0.502. The lowest BCUT2D eigenvalue weighted by atomic mass is 10.0. The highest BCUT2D eigenvalue weighted by Crippen LogP contribution is 2.23. The van der Waals surface area contributed by atoms with Gasteiger partial charge in [0.05, 0.1) is 25.1 Å². The van der Waals surface area contributed by atoms with Gasteiger partial charge in [-0.2, -0.15) is 0 Å². The van der Waals surface area contributed by atoms with Crippen molar-refractivity contribution in [1.82, 2.24) is 4.57 Å². The average molecular weight is 348 g/mol. The van der Waals surface area contributed by atoms with Crippen LogP contribution in [-0.2, 0) is 9.53 Å². The van der Waals surface area contributed by atoms with E-state index in [4.69, 9.17) is 0 Å². The minimum atomic E-state index is -0.403. The largest absolute Gasteiger partial charge is 0.465 e. The molecule has 0 aliphatic carbocycles. The molecule has 1 aromatic heterocycles. The number of amides is 1. The molecule has 0 aliphatic heterocycles. The van der Waals surface area contributed by atoms with Crippen LogP contribution in [0.25, 0.3) is 0 Å². The molecule has 0 saturated carbocycles. The summed E-state index contributed by atoms with van der Waals surface area (Å²) in [4.78, 5) is 24.0. The molecule has 26 heavy (non-hydrogen) atoms. The number of nitrogens with one attached hydrogen (secondary N) is 1. The van der Waals surface area contributed by atoms with Crippen molar-refractivity contribution in [2.45, 2.75) is 12.5 Å². The maximum Gasteiger partial charge on any atom is 0.337 e. The molecule has 3 aromatic rings. The van der Waals surface area contributed by atoms with E-state index in [-0.39, 0.29) is 11.9 Å². The van der Waals surface area contributed by atoms with Crippen LogP contribution >= 0.6 is 0 Å². The molecule has 0 radical (unpaired) electrons. The molecule has 1 atom stereocenters. The van der Waals surface area contributed by atoms with E-state index in [2.05, 4.69) is 10.1 Å². The summed E-state index contributed by atoms with van der Waals surface area (Å²) in [7, 11) is 1.34. The van der Waals surface area contributed by atoms with E-state index < -0.39 is 5.97 Å². The van der Waals surface area contributed by atoms with Crippen molar-refractivity contribution >= 4 is 17.6 Å². The standard InChI is InChI=1S/C21H20N2O3/c1-26-21(25)17-9-11-18(12-10-17)22-20(24)15-19(23-13-5-6-14-23)16-7-3-2-4-8-16/h2-14,19H,15H2,1H3,(H,22,24)/t19-/m0/s1. The van der Waals surface area contributed by atoms with E-state index in [9.17, 15) is 9.59 Å². The van der Waals surface area contributed by atoms with E-state index in [1.54, 1.807) is 24.3 Å². The molecule has 1 heterocycles. The van der Waals surface area contributed by atoms with Crippen LogP contribution in [-0.4, -0.2) is 23.6 Å². The lowest BCUT2D eigenvalue weighted by molar-refractivity contribution is -0.116. The number of anilines is 1. The number of aromatic nitrogens is 1. The van der Waals surface area contributed by atoms with Gasteiger partial charge in [-0.05, 0) is 42.0 Å². The maximum atomic E-state index is 12.6. The minimum absolute atomic E-state index is 0.0828. The molecule has 0 fully saturated rings. The zero-order chi connectivity index (χ0) is 18.4. The van der Waals surface area contributed by atoms with Gasteiger partial charge in [0.2, 0.25) is 5.91 Å². The molecule has 0 saturated heterocycles. The fraction of sp³-hybridized carbons (Fsp3) is 0.143. The normalized spacial score (nSPS) is 11.6. The molecular formula is C21H20N2O3. The third kappa shape index (κ3) is 4.19. The number of ether oxygens (including phenoxy) is 1. The van der Waals surface area contributed by atoms with Crippen LogP contribution in [0.3, 0.4) is 0 Å². The van der Waals surface area contributed by atoms with Crippen LogP contribution in [0.1, 0.15) is 28.4 Å². The molecule has 0 spiro atoms. The SMILES string of the molecule is COC(=O)c1ccc(NC(=O)C[C@@H](c2ccccc2)n2cccc2)cc1. The summed E-state index contributed by atoms with van der Waals surface area (Å²) >= 11 is 0. The van der Waals surface area contributed by atoms with Crippen molar-refractivity contribution in [2.24, 2.45) is 0 Å². The Morgan fingerprint density at radius 2 is 1.62 bits per heavy atom.